The summed E-state index contributed by atoms with van der Waals surface area (Å²) in [5.41, 5.74) is 1.21. The van der Waals surface area contributed by atoms with E-state index < -0.39 is 23.0 Å². The Labute approximate surface area is 178 Å². The number of nitrogens with zero attached hydrogens (tertiary/aromatic N) is 2. The van der Waals surface area contributed by atoms with Gasteiger partial charge in [0.05, 0.1) is 17.2 Å². The summed E-state index contributed by atoms with van der Waals surface area (Å²) in [6.45, 7) is 0. The van der Waals surface area contributed by atoms with Crippen LogP contribution >= 0.6 is 15.9 Å². The van der Waals surface area contributed by atoms with E-state index in [4.69, 9.17) is 0 Å². The maximum Gasteiger partial charge on any atom is 0.332 e. The lowest BCUT2D eigenvalue weighted by atomic mass is 9.81. The van der Waals surface area contributed by atoms with Gasteiger partial charge in [0.15, 0.2) is 5.78 Å². The third kappa shape index (κ3) is 2.37. The first kappa shape index (κ1) is 18.7. The van der Waals surface area contributed by atoms with Gasteiger partial charge in [-0.25, -0.2) is 9.18 Å². The Morgan fingerprint density at radius 1 is 1.00 bits per heavy atom. The summed E-state index contributed by atoms with van der Waals surface area (Å²) in [7, 11) is 2.91. The van der Waals surface area contributed by atoms with Crippen molar-refractivity contribution < 1.29 is 9.18 Å². The van der Waals surface area contributed by atoms with E-state index in [1.165, 1.54) is 24.7 Å². The van der Waals surface area contributed by atoms with Gasteiger partial charge in [-0.3, -0.25) is 18.7 Å². The van der Waals surface area contributed by atoms with Gasteiger partial charge in [0.25, 0.3) is 5.56 Å². The SMILES string of the molecule is Cn1c2c(c(=O)n(C)c1=O)[C@H](c1cc(Br)ccc1F)C1=C(N2)c2ccccc2C1=O. The lowest BCUT2D eigenvalue weighted by Crippen LogP contribution is -2.43. The molecule has 0 spiro atoms. The number of fused-ring (bicyclic) bond motifs is 3. The molecule has 1 atom stereocenters. The zero-order valence-corrected chi connectivity index (χ0v) is 17.6. The minimum atomic E-state index is -0.959. The van der Waals surface area contributed by atoms with E-state index >= 15 is 4.39 Å². The lowest BCUT2D eigenvalue weighted by molar-refractivity contribution is 0.103. The van der Waals surface area contributed by atoms with E-state index in [1.807, 2.05) is 0 Å². The van der Waals surface area contributed by atoms with E-state index in [0.717, 1.165) is 4.57 Å². The van der Waals surface area contributed by atoms with Gasteiger partial charge in [-0.2, -0.15) is 0 Å². The van der Waals surface area contributed by atoms with E-state index in [2.05, 4.69) is 21.2 Å². The van der Waals surface area contributed by atoms with Crippen LogP contribution in [0.3, 0.4) is 0 Å². The number of carbonyl (C=O) groups excluding carboxylic acids is 1. The van der Waals surface area contributed by atoms with Crippen LogP contribution in [0.4, 0.5) is 10.2 Å². The van der Waals surface area contributed by atoms with E-state index in [1.54, 1.807) is 36.4 Å². The molecule has 1 N–H and O–H groups in total. The molecule has 1 aliphatic carbocycles. The molecule has 0 fully saturated rings. The van der Waals surface area contributed by atoms with Gasteiger partial charge in [0, 0.05) is 40.8 Å². The summed E-state index contributed by atoms with van der Waals surface area (Å²) < 4.78 is 17.9. The van der Waals surface area contributed by atoms with Gasteiger partial charge in [0.1, 0.15) is 11.6 Å². The number of benzene rings is 2. The molecule has 0 amide bonds. The Balaban J connectivity index is 1.93. The third-order valence-electron chi connectivity index (χ3n) is 5.74. The molecule has 0 saturated carbocycles. The molecule has 0 bridgehead atoms. The fraction of sp³-hybridized carbons (Fsp3) is 0.136. The van der Waals surface area contributed by atoms with Crippen LogP contribution in [0.25, 0.3) is 5.70 Å². The van der Waals surface area contributed by atoms with Crippen LogP contribution in [0.1, 0.15) is 33.0 Å². The highest BCUT2D eigenvalue weighted by atomic mass is 79.9. The fourth-order valence-electron chi connectivity index (χ4n) is 4.30. The van der Waals surface area contributed by atoms with Gasteiger partial charge in [-0.05, 0) is 18.2 Å². The normalized spacial score (nSPS) is 16.8. The van der Waals surface area contributed by atoms with Crippen molar-refractivity contribution in [3.05, 3.63) is 101 Å². The summed E-state index contributed by atoms with van der Waals surface area (Å²) in [6.07, 6.45) is 0. The average Bonchev–Trinajstić information content (AvgIpc) is 3.03. The van der Waals surface area contributed by atoms with Crippen LogP contribution in [0.5, 0.6) is 0 Å². The van der Waals surface area contributed by atoms with Crippen molar-refractivity contribution in [3.8, 4) is 0 Å². The Morgan fingerprint density at radius 3 is 2.43 bits per heavy atom. The van der Waals surface area contributed by atoms with E-state index in [9.17, 15) is 14.4 Å². The molecule has 1 aliphatic heterocycles. The topological polar surface area (TPSA) is 73.1 Å². The maximum atomic E-state index is 15.0. The van der Waals surface area contributed by atoms with Crippen molar-refractivity contribution >= 4 is 33.2 Å². The summed E-state index contributed by atoms with van der Waals surface area (Å²) >= 11 is 3.36. The second-order valence-corrected chi connectivity index (χ2v) is 8.27. The first-order chi connectivity index (χ1) is 14.3. The highest BCUT2D eigenvalue weighted by Crippen LogP contribution is 2.48. The van der Waals surface area contributed by atoms with Crippen molar-refractivity contribution in [3.63, 3.8) is 0 Å². The highest BCUT2D eigenvalue weighted by Gasteiger charge is 2.43. The fourth-order valence-corrected chi connectivity index (χ4v) is 4.68. The number of anilines is 1. The van der Waals surface area contributed by atoms with E-state index in [-0.39, 0.29) is 22.7 Å². The van der Waals surface area contributed by atoms with Gasteiger partial charge >= 0.3 is 5.69 Å². The van der Waals surface area contributed by atoms with Crippen LogP contribution in [-0.2, 0) is 14.1 Å². The van der Waals surface area contributed by atoms with Gasteiger partial charge in [-0.1, -0.05) is 40.2 Å². The van der Waals surface area contributed by atoms with Gasteiger partial charge in [-0.15, -0.1) is 0 Å². The van der Waals surface area contributed by atoms with Crippen molar-refractivity contribution in [2.24, 2.45) is 14.1 Å². The molecular formula is C22H15BrFN3O3. The first-order valence-electron chi connectivity index (χ1n) is 9.21. The second-order valence-electron chi connectivity index (χ2n) is 7.36. The van der Waals surface area contributed by atoms with Crippen molar-refractivity contribution in [1.29, 1.82) is 0 Å². The molecule has 5 rings (SSSR count). The zero-order chi connectivity index (χ0) is 21.3. The number of allylic oxidation sites excluding steroid dienone is 1. The Bertz CT molecular complexity index is 1430. The van der Waals surface area contributed by atoms with Crippen molar-refractivity contribution in [2.45, 2.75) is 5.92 Å². The largest absolute Gasteiger partial charge is 0.340 e. The Kier molecular flexibility index (Phi) is 3.98. The molecule has 3 aromatic rings. The summed E-state index contributed by atoms with van der Waals surface area (Å²) in [5.74, 6) is -1.50. The Hall–Kier alpha value is -3.26. The number of ketones is 1. The zero-order valence-electron chi connectivity index (χ0n) is 16.0. The third-order valence-corrected chi connectivity index (χ3v) is 6.24. The quantitative estimate of drug-likeness (QED) is 0.596. The molecule has 2 aromatic carbocycles. The molecule has 6 nitrogen and oxygen atoms in total. The number of rotatable bonds is 1. The molecule has 1 aromatic heterocycles. The summed E-state index contributed by atoms with van der Waals surface area (Å²) in [4.78, 5) is 39.1. The monoisotopic (exact) mass is 467 g/mol. The predicted octanol–water partition coefficient (Wildman–Crippen LogP) is 3.15. The maximum absolute atomic E-state index is 15.0. The number of hydrogen-bond donors (Lipinski definition) is 1. The van der Waals surface area contributed by atoms with Gasteiger partial charge < -0.3 is 5.32 Å². The molecule has 8 heteroatoms. The second kappa shape index (κ2) is 6.37. The molecular weight excluding hydrogens is 453 g/mol. The van der Waals surface area contributed by atoms with Crippen LogP contribution in [-0.4, -0.2) is 14.9 Å². The summed E-state index contributed by atoms with van der Waals surface area (Å²) in [5, 5.41) is 3.13. The minimum absolute atomic E-state index is 0.163. The van der Waals surface area contributed by atoms with Crippen LogP contribution in [0, 0.1) is 5.82 Å². The molecule has 30 heavy (non-hydrogen) atoms. The summed E-state index contributed by atoms with van der Waals surface area (Å²) in [6, 6.07) is 11.5. The van der Waals surface area contributed by atoms with Crippen LogP contribution in [0.2, 0.25) is 0 Å². The molecule has 2 heterocycles. The number of hydrogen-bond acceptors (Lipinski definition) is 4. The number of halogens is 2. The van der Waals surface area contributed by atoms with Crippen molar-refractivity contribution in [2.75, 3.05) is 5.32 Å². The predicted molar refractivity (Wildman–Crippen MR) is 114 cm³/mol. The smallest absolute Gasteiger partial charge is 0.332 e. The standard InChI is InChI=1S/C22H15BrFN3O3/c1-26-20-17(21(29)27(2)22(26)30)15(13-9-10(23)7-8-14(13)24)16-18(25-20)11-5-3-4-6-12(11)19(16)28/h3-9,15,25H,1-2H3/t15-/m1/s1. The molecule has 0 radical (unpaired) electrons. The molecule has 0 saturated heterocycles. The average molecular weight is 468 g/mol. The highest BCUT2D eigenvalue weighted by molar-refractivity contribution is 9.10. The number of carbonyl (C=O) groups is 1. The van der Waals surface area contributed by atoms with E-state index in [0.29, 0.717) is 26.9 Å². The van der Waals surface area contributed by atoms with Gasteiger partial charge in [0.2, 0.25) is 0 Å². The lowest BCUT2D eigenvalue weighted by Gasteiger charge is -2.30. The van der Waals surface area contributed by atoms with Crippen LogP contribution < -0.4 is 16.6 Å². The number of nitrogens with one attached hydrogen (secondary N) is 1. The van der Waals surface area contributed by atoms with Crippen molar-refractivity contribution in [1.82, 2.24) is 9.13 Å². The van der Waals surface area contributed by atoms with Crippen LogP contribution in [0.15, 0.2) is 62.1 Å². The number of Topliss-reactive ketones (excluding diaryl/α,β-unsaturated/α-hetero) is 1. The molecule has 150 valence electrons. The molecule has 0 unspecified atom stereocenters. The number of aromatic nitrogens is 2. The molecule has 2 aliphatic rings. The Morgan fingerprint density at radius 2 is 1.70 bits per heavy atom. The minimum Gasteiger partial charge on any atom is -0.340 e. The first-order valence-corrected chi connectivity index (χ1v) is 10.0.